The van der Waals surface area contributed by atoms with Gasteiger partial charge in [0.15, 0.2) is 0 Å². The lowest BCUT2D eigenvalue weighted by Crippen LogP contribution is -2.44. The van der Waals surface area contributed by atoms with E-state index in [-0.39, 0.29) is 11.9 Å². The van der Waals surface area contributed by atoms with Gasteiger partial charge in [-0.05, 0) is 29.7 Å². The summed E-state index contributed by atoms with van der Waals surface area (Å²) in [5, 5.41) is 6.25. The first-order chi connectivity index (χ1) is 12.6. The Labute approximate surface area is 156 Å². The third kappa shape index (κ3) is 3.18. The monoisotopic (exact) mass is 367 g/mol. The highest BCUT2D eigenvalue weighted by atomic mass is 35.5. The van der Waals surface area contributed by atoms with Crippen LogP contribution in [0.25, 0.3) is 0 Å². The van der Waals surface area contributed by atoms with Crippen LogP contribution in [-0.2, 0) is 11.2 Å². The lowest BCUT2D eigenvalue weighted by Gasteiger charge is -2.25. The summed E-state index contributed by atoms with van der Waals surface area (Å²) >= 11 is 5.95. The first kappa shape index (κ1) is 16.7. The molecule has 0 bridgehead atoms. The number of carbonyl (C=O) groups is 2. The maximum atomic E-state index is 13.0. The lowest BCUT2D eigenvalue weighted by atomic mass is 9.96. The van der Waals surface area contributed by atoms with Crippen molar-refractivity contribution in [3.63, 3.8) is 0 Å². The molecule has 5 nitrogen and oxygen atoms in total. The van der Waals surface area contributed by atoms with Crippen LogP contribution >= 0.6 is 11.6 Å². The van der Waals surface area contributed by atoms with Crippen molar-refractivity contribution in [1.29, 1.82) is 0 Å². The van der Waals surface area contributed by atoms with Crippen LogP contribution in [0.5, 0.6) is 0 Å². The van der Waals surface area contributed by atoms with Crippen LogP contribution in [-0.4, -0.2) is 29.9 Å². The van der Waals surface area contributed by atoms with E-state index in [2.05, 4.69) is 10.6 Å². The molecule has 132 valence electrons. The summed E-state index contributed by atoms with van der Waals surface area (Å²) in [6, 6.07) is 16.5. The Hall–Kier alpha value is -2.79. The van der Waals surface area contributed by atoms with Crippen LogP contribution in [0.4, 0.5) is 4.79 Å². The average molecular weight is 368 g/mol. The second-order valence-electron chi connectivity index (χ2n) is 6.44. The third-order valence-electron chi connectivity index (χ3n) is 4.74. The molecule has 0 saturated heterocycles. The lowest BCUT2D eigenvalue weighted by molar-refractivity contribution is -0.125. The molecule has 1 atom stereocenters. The summed E-state index contributed by atoms with van der Waals surface area (Å²) in [7, 11) is 0. The smallest absolute Gasteiger partial charge is 0.319 e. The van der Waals surface area contributed by atoms with Gasteiger partial charge in [0.05, 0.1) is 23.9 Å². The molecule has 0 fully saturated rings. The molecule has 0 saturated carbocycles. The van der Waals surface area contributed by atoms with Gasteiger partial charge in [-0.15, -0.1) is 0 Å². The van der Waals surface area contributed by atoms with Crippen LogP contribution in [0.2, 0.25) is 5.02 Å². The standard InChI is InChI=1S/C20H18ClN3O2/c21-15-8-6-14(7-9-15)18-17-16(22-20(26)23-18)12-24(19(17)25)11-10-13-4-2-1-3-5-13/h1-9,18H,10-12H2,(H2,22,23,26). The van der Waals surface area contributed by atoms with Gasteiger partial charge in [-0.2, -0.15) is 0 Å². The Morgan fingerprint density at radius 3 is 2.50 bits per heavy atom. The molecular weight excluding hydrogens is 350 g/mol. The number of hydrogen-bond acceptors (Lipinski definition) is 2. The highest BCUT2D eigenvalue weighted by Crippen LogP contribution is 2.32. The second-order valence-corrected chi connectivity index (χ2v) is 6.87. The second kappa shape index (κ2) is 6.84. The fraction of sp³-hybridized carbons (Fsp3) is 0.200. The first-order valence-corrected chi connectivity index (χ1v) is 8.89. The van der Waals surface area contributed by atoms with E-state index in [9.17, 15) is 9.59 Å². The van der Waals surface area contributed by atoms with Crippen molar-refractivity contribution in [2.45, 2.75) is 12.5 Å². The van der Waals surface area contributed by atoms with Crippen molar-refractivity contribution >= 4 is 23.5 Å². The molecule has 0 aromatic heterocycles. The number of carbonyl (C=O) groups excluding carboxylic acids is 2. The third-order valence-corrected chi connectivity index (χ3v) is 4.99. The minimum absolute atomic E-state index is 0.0385. The minimum atomic E-state index is -0.453. The Bertz CT molecular complexity index is 878. The molecular formula is C20H18ClN3O2. The van der Waals surface area contributed by atoms with Crippen LogP contribution in [0.1, 0.15) is 17.2 Å². The SMILES string of the molecule is O=C1NC2=C(C(=O)N(CCc3ccccc3)C2)C(c2ccc(Cl)cc2)N1. The Morgan fingerprint density at radius 1 is 1.04 bits per heavy atom. The van der Waals surface area contributed by atoms with Crippen molar-refractivity contribution in [1.82, 2.24) is 15.5 Å². The van der Waals surface area contributed by atoms with Crippen molar-refractivity contribution < 1.29 is 9.59 Å². The van der Waals surface area contributed by atoms with Gasteiger partial charge in [-0.3, -0.25) is 4.79 Å². The van der Waals surface area contributed by atoms with Gasteiger partial charge in [0.25, 0.3) is 5.91 Å². The van der Waals surface area contributed by atoms with Crippen LogP contribution in [0.15, 0.2) is 65.9 Å². The van der Waals surface area contributed by atoms with Crippen molar-refractivity contribution in [3.8, 4) is 0 Å². The summed E-state index contributed by atoms with van der Waals surface area (Å²) in [4.78, 5) is 26.8. The predicted molar refractivity (Wildman–Crippen MR) is 99.6 cm³/mol. The molecule has 2 aromatic rings. The Kier molecular flexibility index (Phi) is 4.39. The van der Waals surface area contributed by atoms with Crippen molar-refractivity contribution in [3.05, 3.63) is 82.0 Å². The minimum Gasteiger partial charge on any atom is -0.333 e. The van der Waals surface area contributed by atoms with E-state index in [4.69, 9.17) is 11.6 Å². The van der Waals surface area contributed by atoms with E-state index in [1.165, 1.54) is 5.56 Å². The maximum absolute atomic E-state index is 13.0. The van der Waals surface area contributed by atoms with E-state index in [0.29, 0.717) is 29.4 Å². The number of amides is 3. The number of halogens is 1. The molecule has 4 rings (SSSR count). The van der Waals surface area contributed by atoms with E-state index >= 15 is 0 Å². The topological polar surface area (TPSA) is 61.4 Å². The number of rotatable bonds is 4. The number of hydrogen-bond donors (Lipinski definition) is 2. The molecule has 0 aliphatic carbocycles. The fourth-order valence-corrected chi connectivity index (χ4v) is 3.55. The fourth-order valence-electron chi connectivity index (χ4n) is 3.42. The predicted octanol–water partition coefficient (Wildman–Crippen LogP) is 3.03. The molecule has 26 heavy (non-hydrogen) atoms. The highest BCUT2D eigenvalue weighted by Gasteiger charge is 2.40. The zero-order valence-corrected chi connectivity index (χ0v) is 14.8. The zero-order valence-electron chi connectivity index (χ0n) is 14.0. The van der Waals surface area contributed by atoms with Crippen LogP contribution < -0.4 is 10.6 Å². The summed E-state index contributed by atoms with van der Waals surface area (Å²) in [6.45, 7) is 1.04. The normalized spacial score (nSPS) is 19.3. The summed E-state index contributed by atoms with van der Waals surface area (Å²) in [5.41, 5.74) is 3.32. The van der Waals surface area contributed by atoms with E-state index in [1.54, 1.807) is 17.0 Å². The molecule has 2 aromatic carbocycles. The molecule has 2 N–H and O–H groups in total. The quantitative estimate of drug-likeness (QED) is 0.872. The number of benzene rings is 2. The van der Waals surface area contributed by atoms with Crippen molar-refractivity contribution in [2.24, 2.45) is 0 Å². The van der Waals surface area contributed by atoms with Crippen LogP contribution in [0.3, 0.4) is 0 Å². The average Bonchev–Trinajstić information content (AvgIpc) is 2.96. The number of urea groups is 1. The molecule has 0 spiro atoms. The Morgan fingerprint density at radius 2 is 1.77 bits per heavy atom. The van der Waals surface area contributed by atoms with Crippen molar-refractivity contribution in [2.75, 3.05) is 13.1 Å². The van der Waals surface area contributed by atoms with Gasteiger partial charge in [-0.1, -0.05) is 54.1 Å². The molecule has 2 aliphatic heterocycles. The van der Waals surface area contributed by atoms with E-state index in [1.807, 2.05) is 42.5 Å². The zero-order chi connectivity index (χ0) is 18.1. The molecule has 2 heterocycles. The number of nitrogens with one attached hydrogen (secondary N) is 2. The van der Waals surface area contributed by atoms with E-state index in [0.717, 1.165) is 12.0 Å². The van der Waals surface area contributed by atoms with Gasteiger partial charge in [0.2, 0.25) is 0 Å². The number of nitrogens with zero attached hydrogens (tertiary/aromatic N) is 1. The molecule has 2 aliphatic rings. The molecule has 6 heteroatoms. The largest absolute Gasteiger partial charge is 0.333 e. The van der Waals surface area contributed by atoms with Gasteiger partial charge < -0.3 is 15.5 Å². The summed E-state index contributed by atoms with van der Waals surface area (Å²) < 4.78 is 0. The van der Waals surface area contributed by atoms with E-state index < -0.39 is 6.04 Å². The molecule has 3 amide bonds. The van der Waals surface area contributed by atoms with Gasteiger partial charge >= 0.3 is 6.03 Å². The van der Waals surface area contributed by atoms with Gasteiger partial charge in [0.1, 0.15) is 0 Å². The molecule has 0 radical (unpaired) electrons. The van der Waals surface area contributed by atoms with Crippen LogP contribution in [0, 0.1) is 0 Å². The Balaban J connectivity index is 1.55. The highest BCUT2D eigenvalue weighted by molar-refractivity contribution is 6.30. The molecule has 1 unspecified atom stereocenters. The summed E-state index contributed by atoms with van der Waals surface area (Å²) in [5.74, 6) is -0.0385. The van der Waals surface area contributed by atoms with Gasteiger partial charge in [-0.25, -0.2) is 4.79 Å². The van der Waals surface area contributed by atoms with Gasteiger partial charge in [0, 0.05) is 11.6 Å². The summed E-state index contributed by atoms with van der Waals surface area (Å²) in [6.07, 6.45) is 0.778. The first-order valence-electron chi connectivity index (χ1n) is 8.51. The maximum Gasteiger partial charge on any atom is 0.319 e.